The molecular weight excluding hydrogens is 324 g/mol. The van der Waals surface area contributed by atoms with Gasteiger partial charge in [-0.3, -0.25) is 4.79 Å². The van der Waals surface area contributed by atoms with Gasteiger partial charge < -0.3 is 23.7 Å². The van der Waals surface area contributed by atoms with E-state index in [4.69, 9.17) is 18.4 Å². The zero-order valence-electron chi connectivity index (χ0n) is 13.4. The second-order valence-corrected chi connectivity index (χ2v) is 5.57. The Morgan fingerprint density at radius 3 is 2.84 bits per heavy atom. The lowest BCUT2D eigenvalue weighted by molar-refractivity contribution is -0.120. The van der Waals surface area contributed by atoms with Gasteiger partial charge in [-0.1, -0.05) is 5.16 Å². The number of fused-ring (bicyclic) bond motifs is 1. The molecule has 1 N–H and O–H groups in total. The van der Waals surface area contributed by atoms with E-state index in [1.54, 1.807) is 24.5 Å². The van der Waals surface area contributed by atoms with Crippen molar-refractivity contribution in [3.63, 3.8) is 0 Å². The summed E-state index contributed by atoms with van der Waals surface area (Å²) >= 11 is 0. The van der Waals surface area contributed by atoms with Gasteiger partial charge in [-0.2, -0.15) is 0 Å². The van der Waals surface area contributed by atoms with Gasteiger partial charge in [-0.15, -0.1) is 0 Å². The first kappa shape index (κ1) is 15.3. The van der Waals surface area contributed by atoms with Gasteiger partial charge in [-0.05, 0) is 30.3 Å². The van der Waals surface area contributed by atoms with Gasteiger partial charge in [0.1, 0.15) is 19.0 Å². The molecule has 2 aromatic heterocycles. The van der Waals surface area contributed by atoms with Gasteiger partial charge in [0, 0.05) is 11.6 Å². The van der Waals surface area contributed by atoms with Gasteiger partial charge in [0.2, 0.25) is 5.91 Å². The summed E-state index contributed by atoms with van der Waals surface area (Å²) in [6, 6.07) is 10.9. The van der Waals surface area contributed by atoms with Crippen LogP contribution in [0.1, 0.15) is 11.5 Å². The maximum absolute atomic E-state index is 12.0. The molecule has 0 aliphatic carbocycles. The van der Waals surface area contributed by atoms with Crippen LogP contribution in [-0.2, 0) is 17.8 Å². The largest absolute Gasteiger partial charge is 0.486 e. The van der Waals surface area contributed by atoms with Crippen molar-refractivity contribution >= 4 is 5.91 Å². The van der Waals surface area contributed by atoms with Crippen LogP contribution in [-0.4, -0.2) is 24.3 Å². The summed E-state index contributed by atoms with van der Waals surface area (Å²) in [6.45, 7) is 1.42. The van der Waals surface area contributed by atoms with Crippen LogP contribution in [0.5, 0.6) is 11.5 Å². The van der Waals surface area contributed by atoms with Crippen molar-refractivity contribution in [1.29, 1.82) is 0 Å². The van der Waals surface area contributed by atoms with Crippen molar-refractivity contribution in [2.75, 3.05) is 13.2 Å². The Hall–Kier alpha value is -3.22. The molecule has 0 bridgehead atoms. The number of carbonyl (C=O) groups excluding carboxylic acids is 1. The van der Waals surface area contributed by atoms with E-state index < -0.39 is 0 Å². The Kier molecular flexibility index (Phi) is 4.12. The van der Waals surface area contributed by atoms with Crippen LogP contribution in [0, 0.1) is 0 Å². The van der Waals surface area contributed by atoms with E-state index in [1.807, 2.05) is 18.2 Å². The van der Waals surface area contributed by atoms with Crippen LogP contribution in [0.3, 0.4) is 0 Å². The average Bonchev–Trinajstić information content (AvgIpc) is 3.31. The van der Waals surface area contributed by atoms with Crippen molar-refractivity contribution in [3.8, 4) is 22.8 Å². The van der Waals surface area contributed by atoms with Crippen molar-refractivity contribution in [1.82, 2.24) is 10.5 Å². The lowest BCUT2D eigenvalue weighted by atomic mass is 10.1. The molecule has 0 radical (unpaired) electrons. The summed E-state index contributed by atoms with van der Waals surface area (Å²) in [4.78, 5) is 12.0. The van der Waals surface area contributed by atoms with Crippen molar-refractivity contribution in [2.45, 2.75) is 13.0 Å². The molecule has 3 aromatic rings. The van der Waals surface area contributed by atoms with E-state index in [2.05, 4.69) is 10.5 Å². The molecule has 128 valence electrons. The van der Waals surface area contributed by atoms with E-state index >= 15 is 0 Å². The Balaban J connectivity index is 1.40. The van der Waals surface area contributed by atoms with Crippen LogP contribution in [0.25, 0.3) is 11.3 Å². The lowest BCUT2D eigenvalue weighted by Gasteiger charge is -2.18. The van der Waals surface area contributed by atoms with Gasteiger partial charge in [0.05, 0.1) is 24.9 Å². The topological polar surface area (TPSA) is 86.7 Å². The van der Waals surface area contributed by atoms with Crippen molar-refractivity contribution < 1.29 is 23.2 Å². The van der Waals surface area contributed by atoms with Crippen molar-refractivity contribution in [2.24, 2.45) is 0 Å². The fourth-order valence-electron chi connectivity index (χ4n) is 2.55. The number of benzene rings is 1. The maximum Gasteiger partial charge on any atom is 0.226 e. The predicted molar refractivity (Wildman–Crippen MR) is 87.2 cm³/mol. The second kappa shape index (κ2) is 6.72. The molecule has 3 heterocycles. The molecule has 0 atom stereocenters. The first-order valence-electron chi connectivity index (χ1n) is 7.92. The molecule has 1 aliphatic rings. The van der Waals surface area contributed by atoms with Crippen LogP contribution in [0.2, 0.25) is 0 Å². The number of amides is 1. The van der Waals surface area contributed by atoms with Crippen LogP contribution >= 0.6 is 0 Å². The number of hydrogen-bond acceptors (Lipinski definition) is 6. The van der Waals surface area contributed by atoms with Crippen LogP contribution in [0.15, 0.2) is 51.6 Å². The fraction of sp³-hybridized carbons (Fsp3) is 0.222. The molecule has 7 heteroatoms. The molecule has 4 rings (SSSR count). The van der Waals surface area contributed by atoms with Gasteiger partial charge in [-0.25, -0.2) is 0 Å². The third-order valence-corrected chi connectivity index (χ3v) is 3.77. The van der Waals surface area contributed by atoms with Gasteiger partial charge in [0.25, 0.3) is 0 Å². The second-order valence-electron chi connectivity index (χ2n) is 5.57. The molecule has 0 saturated carbocycles. The molecule has 7 nitrogen and oxygen atoms in total. The smallest absolute Gasteiger partial charge is 0.226 e. The third-order valence-electron chi connectivity index (χ3n) is 3.77. The first-order valence-corrected chi connectivity index (χ1v) is 7.92. The standard InChI is InChI=1S/C18H16N2O5/c21-18(19-11-14-2-1-5-22-14)10-13-9-16(25-20-13)12-3-4-15-17(8-12)24-7-6-23-15/h1-5,8-9H,6-7,10-11H2,(H,19,21). The minimum atomic E-state index is -0.154. The molecule has 0 unspecified atom stereocenters. The maximum atomic E-state index is 12.0. The summed E-state index contributed by atoms with van der Waals surface area (Å²) in [5.41, 5.74) is 1.38. The quantitative estimate of drug-likeness (QED) is 0.768. The number of carbonyl (C=O) groups is 1. The molecule has 1 amide bonds. The number of nitrogens with zero attached hydrogens (tertiary/aromatic N) is 1. The number of nitrogens with one attached hydrogen (secondary N) is 1. The highest BCUT2D eigenvalue weighted by molar-refractivity contribution is 5.78. The van der Waals surface area contributed by atoms with E-state index in [0.29, 0.717) is 48.5 Å². The minimum Gasteiger partial charge on any atom is -0.486 e. The van der Waals surface area contributed by atoms with Crippen LogP contribution < -0.4 is 14.8 Å². The zero-order chi connectivity index (χ0) is 17.1. The summed E-state index contributed by atoms with van der Waals surface area (Å²) < 4.78 is 21.6. The highest BCUT2D eigenvalue weighted by Gasteiger charge is 2.15. The van der Waals surface area contributed by atoms with Gasteiger partial charge >= 0.3 is 0 Å². The van der Waals surface area contributed by atoms with E-state index in [9.17, 15) is 4.79 Å². The summed E-state index contributed by atoms with van der Waals surface area (Å²) in [7, 11) is 0. The Morgan fingerprint density at radius 1 is 1.12 bits per heavy atom. The average molecular weight is 340 g/mol. The lowest BCUT2D eigenvalue weighted by Crippen LogP contribution is -2.24. The molecule has 1 aliphatic heterocycles. The number of rotatable bonds is 5. The van der Waals surface area contributed by atoms with E-state index in [-0.39, 0.29) is 12.3 Å². The molecular formula is C18H16N2O5. The van der Waals surface area contributed by atoms with E-state index in [1.165, 1.54) is 0 Å². The Bertz CT molecular complexity index is 869. The molecule has 0 saturated heterocycles. The summed E-state index contributed by atoms with van der Waals surface area (Å²) in [5.74, 6) is 2.51. The molecule has 0 fully saturated rings. The molecule has 25 heavy (non-hydrogen) atoms. The SMILES string of the molecule is O=C(Cc1cc(-c2ccc3c(c2)OCCO3)on1)NCc1ccco1. The number of hydrogen-bond donors (Lipinski definition) is 1. The van der Waals surface area contributed by atoms with Crippen LogP contribution in [0.4, 0.5) is 0 Å². The Labute approximate surface area is 143 Å². The highest BCUT2D eigenvalue weighted by Crippen LogP contribution is 2.34. The third kappa shape index (κ3) is 3.50. The molecule has 1 aromatic carbocycles. The fourth-order valence-corrected chi connectivity index (χ4v) is 2.55. The summed E-state index contributed by atoms with van der Waals surface area (Å²) in [5, 5.41) is 6.73. The highest BCUT2D eigenvalue weighted by atomic mass is 16.6. The number of furan rings is 1. The summed E-state index contributed by atoms with van der Waals surface area (Å²) in [6.07, 6.45) is 1.70. The van der Waals surface area contributed by atoms with Gasteiger partial charge in [0.15, 0.2) is 17.3 Å². The molecule has 0 spiro atoms. The zero-order valence-corrected chi connectivity index (χ0v) is 13.4. The number of ether oxygens (including phenoxy) is 2. The monoisotopic (exact) mass is 340 g/mol. The predicted octanol–water partition coefficient (Wildman–Crippen LogP) is 2.56. The van der Waals surface area contributed by atoms with Crippen molar-refractivity contribution in [3.05, 3.63) is 54.1 Å². The Morgan fingerprint density at radius 2 is 2.00 bits per heavy atom. The normalized spacial score (nSPS) is 12.8. The minimum absolute atomic E-state index is 0.134. The number of aromatic nitrogens is 1. The first-order chi connectivity index (χ1) is 12.3. The van der Waals surface area contributed by atoms with E-state index in [0.717, 1.165) is 5.56 Å².